The Labute approximate surface area is 205 Å². The van der Waals surface area contributed by atoms with Crippen molar-refractivity contribution in [2.45, 2.75) is 37.7 Å². The molecule has 0 spiro atoms. The Kier molecular flexibility index (Phi) is 5.60. The van der Waals surface area contributed by atoms with Crippen LogP contribution in [0, 0.1) is 11.8 Å². The second-order valence-corrected chi connectivity index (χ2v) is 10.3. The van der Waals surface area contributed by atoms with Crippen LogP contribution in [0.3, 0.4) is 0 Å². The van der Waals surface area contributed by atoms with Gasteiger partial charge in [-0.2, -0.15) is 0 Å². The predicted molar refractivity (Wildman–Crippen MR) is 135 cm³/mol. The van der Waals surface area contributed by atoms with Gasteiger partial charge in [0.15, 0.2) is 5.16 Å². The maximum absolute atomic E-state index is 12.7. The molecule has 180 valence electrons. The number of furan rings is 2. The first kappa shape index (κ1) is 22.0. The van der Waals surface area contributed by atoms with Crippen LogP contribution in [0.2, 0.25) is 0 Å². The van der Waals surface area contributed by atoms with E-state index >= 15 is 0 Å². The van der Waals surface area contributed by atoms with Crippen LogP contribution in [0.15, 0.2) is 61.4 Å². The van der Waals surface area contributed by atoms with Gasteiger partial charge in [0.2, 0.25) is 11.5 Å². The van der Waals surface area contributed by atoms with Crippen LogP contribution in [0.5, 0.6) is 0 Å². The predicted octanol–water partition coefficient (Wildman–Crippen LogP) is 4.68. The van der Waals surface area contributed by atoms with Gasteiger partial charge in [-0.05, 0) is 42.5 Å². The van der Waals surface area contributed by atoms with Gasteiger partial charge in [-0.15, -0.1) is 10.2 Å². The van der Waals surface area contributed by atoms with Crippen molar-refractivity contribution in [3.63, 3.8) is 0 Å². The average Bonchev–Trinajstić information content (AvgIpc) is 3.57. The molecule has 1 aromatic carbocycles. The summed E-state index contributed by atoms with van der Waals surface area (Å²) in [5.74, 6) is 3.87. The Morgan fingerprint density at radius 2 is 1.94 bits per heavy atom. The van der Waals surface area contributed by atoms with E-state index in [0.29, 0.717) is 41.1 Å². The molecule has 0 aliphatic carbocycles. The molecule has 1 aliphatic heterocycles. The van der Waals surface area contributed by atoms with Gasteiger partial charge >= 0.3 is 0 Å². The molecule has 0 saturated carbocycles. The minimum atomic E-state index is -0.282. The van der Waals surface area contributed by atoms with Crippen molar-refractivity contribution >= 4 is 39.8 Å². The number of hydrogen-bond donors (Lipinski definition) is 1. The lowest BCUT2D eigenvalue weighted by Gasteiger charge is -2.35. The monoisotopic (exact) mass is 490 g/mol. The van der Waals surface area contributed by atoms with E-state index in [1.165, 1.54) is 18.2 Å². The first-order valence-corrected chi connectivity index (χ1v) is 12.8. The smallest absolute Gasteiger partial charge is 0.294 e. The summed E-state index contributed by atoms with van der Waals surface area (Å²) < 4.78 is 13.4. The molecule has 0 bridgehead atoms. The zero-order valence-electron chi connectivity index (χ0n) is 19.6. The summed E-state index contributed by atoms with van der Waals surface area (Å²) in [4.78, 5) is 22.6. The molecule has 2 unspecified atom stereocenters. The van der Waals surface area contributed by atoms with Crippen molar-refractivity contribution in [2.75, 3.05) is 18.0 Å². The van der Waals surface area contributed by atoms with Crippen LogP contribution < -0.4 is 10.5 Å². The van der Waals surface area contributed by atoms with Crippen LogP contribution in [0.25, 0.3) is 22.1 Å². The number of nitrogens with zero attached hydrogens (tertiary/aromatic N) is 5. The SMILES string of the molecule is CC1CC(C)CN(c2nnc(SCc3nc4c(oc5ccccc54)c(=O)[nH]3)n2Cc2ccco2)C1. The Morgan fingerprint density at radius 3 is 2.74 bits per heavy atom. The van der Waals surface area contributed by atoms with Crippen molar-refractivity contribution in [3.05, 3.63) is 64.6 Å². The Bertz CT molecular complexity index is 1530. The van der Waals surface area contributed by atoms with E-state index in [1.54, 1.807) is 6.26 Å². The fraction of sp³-hybridized carbons (Fsp3) is 0.360. The number of benzene rings is 1. The van der Waals surface area contributed by atoms with Crippen LogP contribution in [0.4, 0.5) is 5.95 Å². The molecule has 5 aromatic rings. The van der Waals surface area contributed by atoms with E-state index in [0.717, 1.165) is 35.3 Å². The zero-order chi connectivity index (χ0) is 23.9. The zero-order valence-corrected chi connectivity index (χ0v) is 20.4. The molecule has 1 fully saturated rings. The van der Waals surface area contributed by atoms with E-state index in [-0.39, 0.29) is 11.1 Å². The topological polar surface area (TPSA) is 106 Å². The highest BCUT2D eigenvalue weighted by molar-refractivity contribution is 7.98. The van der Waals surface area contributed by atoms with Crippen LogP contribution in [-0.4, -0.2) is 37.8 Å². The van der Waals surface area contributed by atoms with Crippen molar-refractivity contribution in [1.29, 1.82) is 0 Å². The van der Waals surface area contributed by atoms with Crippen molar-refractivity contribution in [3.8, 4) is 0 Å². The first-order valence-electron chi connectivity index (χ1n) is 11.8. The highest BCUT2D eigenvalue weighted by Crippen LogP contribution is 2.30. The quantitative estimate of drug-likeness (QED) is 0.342. The summed E-state index contributed by atoms with van der Waals surface area (Å²) in [5, 5.41) is 10.7. The number of para-hydroxylation sites is 1. The summed E-state index contributed by atoms with van der Waals surface area (Å²) in [6, 6.07) is 11.4. The van der Waals surface area contributed by atoms with Crippen molar-refractivity contribution in [2.24, 2.45) is 11.8 Å². The second-order valence-electron chi connectivity index (χ2n) is 9.38. The number of thioether (sulfide) groups is 1. The number of aromatic nitrogens is 5. The van der Waals surface area contributed by atoms with Crippen molar-refractivity contribution in [1.82, 2.24) is 24.7 Å². The van der Waals surface area contributed by atoms with Crippen LogP contribution >= 0.6 is 11.8 Å². The molecule has 1 N–H and O–H groups in total. The number of anilines is 1. The number of fused-ring (bicyclic) bond motifs is 3. The molecule has 0 radical (unpaired) electrons. The molecule has 2 atom stereocenters. The molecule has 6 rings (SSSR count). The van der Waals surface area contributed by atoms with Crippen LogP contribution in [0.1, 0.15) is 31.9 Å². The fourth-order valence-corrected chi connectivity index (χ4v) is 5.80. The molecular weight excluding hydrogens is 464 g/mol. The Balaban J connectivity index is 1.32. The summed E-state index contributed by atoms with van der Waals surface area (Å²) in [6.07, 6.45) is 2.89. The lowest BCUT2D eigenvalue weighted by atomic mass is 9.92. The Morgan fingerprint density at radius 1 is 1.11 bits per heavy atom. The lowest BCUT2D eigenvalue weighted by molar-refractivity contribution is 0.350. The van der Waals surface area contributed by atoms with E-state index in [4.69, 9.17) is 13.8 Å². The molecule has 4 aromatic heterocycles. The number of piperidine rings is 1. The number of rotatable bonds is 6. The van der Waals surface area contributed by atoms with Crippen molar-refractivity contribution < 1.29 is 8.83 Å². The third-order valence-electron chi connectivity index (χ3n) is 6.36. The van der Waals surface area contributed by atoms with Crippen LogP contribution in [-0.2, 0) is 12.3 Å². The Hall–Kier alpha value is -3.53. The maximum atomic E-state index is 12.7. The van der Waals surface area contributed by atoms with Gasteiger partial charge in [-0.25, -0.2) is 4.98 Å². The van der Waals surface area contributed by atoms with E-state index < -0.39 is 0 Å². The minimum Gasteiger partial charge on any atom is -0.467 e. The molecular formula is C25H26N6O3S. The molecule has 5 heterocycles. The minimum absolute atomic E-state index is 0.247. The van der Waals surface area contributed by atoms with Gasteiger partial charge < -0.3 is 18.7 Å². The molecule has 35 heavy (non-hydrogen) atoms. The molecule has 1 saturated heterocycles. The highest BCUT2D eigenvalue weighted by atomic mass is 32.2. The largest absolute Gasteiger partial charge is 0.467 e. The second kappa shape index (κ2) is 8.92. The number of H-pyrrole nitrogens is 1. The van der Waals surface area contributed by atoms with Gasteiger partial charge in [0.25, 0.3) is 5.56 Å². The third kappa shape index (κ3) is 4.22. The third-order valence-corrected chi connectivity index (χ3v) is 7.34. The number of nitrogens with one attached hydrogen (secondary N) is 1. The molecule has 1 aliphatic rings. The molecule has 9 nitrogen and oxygen atoms in total. The summed E-state index contributed by atoms with van der Waals surface area (Å²) in [7, 11) is 0. The average molecular weight is 491 g/mol. The van der Waals surface area contributed by atoms with E-state index in [2.05, 4.69) is 38.5 Å². The van der Waals surface area contributed by atoms with E-state index in [1.807, 2.05) is 36.4 Å². The maximum Gasteiger partial charge on any atom is 0.294 e. The highest BCUT2D eigenvalue weighted by Gasteiger charge is 2.27. The molecule has 10 heteroatoms. The normalized spacial score (nSPS) is 18.6. The van der Waals surface area contributed by atoms with Gasteiger partial charge in [0.1, 0.15) is 22.7 Å². The van der Waals surface area contributed by atoms with Gasteiger partial charge in [0.05, 0.1) is 18.6 Å². The summed E-state index contributed by atoms with van der Waals surface area (Å²) in [6.45, 7) is 6.99. The van der Waals surface area contributed by atoms with Gasteiger partial charge in [-0.3, -0.25) is 9.36 Å². The van der Waals surface area contributed by atoms with E-state index in [9.17, 15) is 4.79 Å². The summed E-state index contributed by atoms with van der Waals surface area (Å²) >= 11 is 1.49. The summed E-state index contributed by atoms with van der Waals surface area (Å²) in [5.41, 5.74) is 1.19. The van der Waals surface area contributed by atoms with Gasteiger partial charge in [0, 0.05) is 18.5 Å². The number of aromatic amines is 1. The van der Waals surface area contributed by atoms with Gasteiger partial charge in [-0.1, -0.05) is 37.7 Å². The lowest BCUT2D eigenvalue weighted by Crippen LogP contribution is -2.40. The number of hydrogen-bond acceptors (Lipinski definition) is 8. The first-order chi connectivity index (χ1) is 17.0. The molecule has 0 amide bonds. The standard InChI is InChI=1S/C25H26N6O3S/c1-15-10-16(2)12-30(11-15)24-28-29-25(31(24)13-17-6-5-9-33-17)35-14-20-26-21-18-7-3-4-8-19(18)34-22(21)23(32)27-20/h3-9,15-16H,10-14H2,1-2H3,(H,26,27,32). The fourth-order valence-electron chi connectivity index (χ4n) is 4.99.